The Balaban J connectivity index is 1.81. The second kappa shape index (κ2) is 8.58. The van der Waals surface area contributed by atoms with Crippen LogP contribution in [-0.2, 0) is 11.2 Å². The molecule has 1 aliphatic rings. The van der Waals surface area contributed by atoms with E-state index in [1.54, 1.807) is 12.1 Å². The van der Waals surface area contributed by atoms with Crippen molar-refractivity contribution in [3.8, 4) is 0 Å². The average molecular weight is 335 g/mol. The summed E-state index contributed by atoms with van der Waals surface area (Å²) in [5, 5.41) is 3.15. The fourth-order valence-corrected chi connectivity index (χ4v) is 3.45. The maximum atomic E-state index is 13.2. The van der Waals surface area contributed by atoms with Crippen LogP contribution >= 0.6 is 0 Å². The molecule has 3 atom stereocenters. The Kier molecular flexibility index (Phi) is 6.75. The number of hydrogen-bond acceptors (Lipinski definition) is 3. The Hall–Kier alpha value is -1.46. The first-order chi connectivity index (χ1) is 11.3. The van der Waals surface area contributed by atoms with E-state index in [4.69, 9.17) is 0 Å². The Morgan fingerprint density at radius 1 is 1.33 bits per heavy atom. The highest BCUT2D eigenvalue weighted by atomic mass is 19.1. The van der Waals surface area contributed by atoms with Crippen LogP contribution in [0.1, 0.15) is 25.8 Å². The average Bonchev–Trinajstić information content (AvgIpc) is 2.49. The van der Waals surface area contributed by atoms with E-state index in [-0.39, 0.29) is 23.7 Å². The lowest BCUT2D eigenvalue weighted by molar-refractivity contribution is -0.123. The predicted octanol–water partition coefficient (Wildman–Crippen LogP) is 2.14. The Morgan fingerprint density at radius 2 is 2.08 bits per heavy atom. The molecular weight excluding hydrogens is 305 g/mol. The molecule has 1 fully saturated rings. The van der Waals surface area contributed by atoms with Gasteiger partial charge < -0.3 is 10.2 Å². The van der Waals surface area contributed by atoms with Gasteiger partial charge in [0.05, 0.1) is 0 Å². The molecule has 5 heteroatoms. The minimum absolute atomic E-state index is 0.0769. The minimum atomic E-state index is -0.220. The Morgan fingerprint density at radius 3 is 2.79 bits per heavy atom. The van der Waals surface area contributed by atoms with Gasteiger partial charge in [-0.05, 0) is 51.1 Å². The molecule has 1 aliphatic heterocycles. The van der Waals surface area contributed by atoms with Crippen LogP contribution in [0.5, 0.6) is 0 Å². The molecule has 4 nitrogen and oxygen atoms in total. The summed E-state index contributed by atoms with van der Waals surface area (Å²) in [5.74, 6) is 0.0426. The summed E-state index contributed by atoms with van der Waals surface area (Å²) < 4.78 is 13.2. The van der Waals surface area contributed by atoms with Gasteiger partial charge in [0, 0.05) is 38.1 Å². The van der Waals surface area contributed by atoms with Gasteiger partial charge in [0.15, 0.2) is 0 Å². The zero-order valence-electron chi connectivity index (χ0n) is 15.3. The SMILES string of the molecule is CC(CC(=O)NC(C)C1CN(C)CCN1C)Cc1cccc(F)c1. The number of rotatable bonds is 6. The molecule has 1 aromatic carbocycles. The molecule has 1 saturated heterocycles. The van der Waals surface area contributed by atoms with Crippen LogP contribution in [0.15, 0.2) is 24.3 Å². The number of nitrogens with zero attached hydrogens (tertiary/aromatic N) is 2. The summed E-state index contributed by atoms with van der Waals surface area (Å²) in [6.07, 6.45) is 1.18. The molecule has 1 N–H and O–H groups in total. The van der Waals surface area contributed by atoms with Crippen LogP contribution < -0.4 is 5.32 Å². The second-order valence-corrected chi connectivity index (χ2v) is 7.31. The third-order valence-electron chi connectivity index (χ3n) is 4.87. The van der Waals surface area contributed by atoms with Gasteiger partial charge >= 0.3 is 0 Å². The topological polar surface area (TPSA) is 35.6 Å². The maximum Gasteiger partial charge on any atom is 0.220 e. The van der Waals surface area contributed by atoms with E-state index in [0.29, 0.717) is 18.9 Å². The third kappa shape index (κ3) is 5.56. The first-order valence-corrected chi connectivity index (χ1v) is 8.77. The number of likely N-dealkylation sites (N-methyl/N-ethyl adjacent to an activating group) is 2. The number of piperazine rings is 1. The smallest absolute Gasteiger partial charge is 0.220 e. The molecule has 0 spiro atoms. The summed E-state index contributed by atoms with van der Waals surface area (Å²) in [6, 6.07) is 7.07. The number of benzene rings is 1. The largest absolute Gasteiger partial charge is 0.352 e. The summed E-state index contributed by atoms with van der Waals surface area (Å²) in [6.45, 7) is 7.18. The number of carbonyl (C=O) groups is 1. The number of carbonyl (C=O) groups excluding carboxylic acids is 1. The second-order valence-electron chi connectivity index (χ2n) is 7.31. The van der Waals surface area contributed by atoms with Crippen LogP contribution in [0.2, 0.25) is 0 Å². The summed E-state index contributed by atoms with van der Waals surface area (Å²) in [7, 11) is 4.24. The molecule has 0 radical (unpaired) electrons. The number of hydrogen-bond donors (Lipinski definition) is 1. The van der Waals surface area contributed by atoms with Crippen LogP contribution in [0.4, 0.5) is 4.39 Å². The Labute approximate surface area is 145 Å². The normalized spacial score (nSPS) is 22.1. The lowest BCUT2D eigenvalue weighted by Gasteiger charge is -2.41. The molecule has 0 bridgehead atoms. The molecule has 1 aromatic rings. The standard InChI is InChI=1S/C19H30FN3O/c1-14(10-16-6-5-7-17(20)12-16)11-19(24)21-15(2)18-13-22(3)8-9-23(18)4/h5-7,12,14-15,18H,8-11,13H2,1-4H3,(H,21,24). The van der Waals surface area contributed by atoms with Gasteiger partial charge in [-0.3, -0.25) is 9.69 Å². The van der Waals surface area contributed by atoms with Gasteiger partial charge in [-0.2, -0.15) is 0 Å². The van der Waals surface area contributed by atoms with Crippen molar-refractivity contribution in [1.29, 1.82) is 0 Å². The number of amides is 1. The fraction of sp³-hybridized carbons (Fsp3) is 0.632. The zero-order chi connectivity index (χ0) is 17.7. The van der Waals surface area contributed by atoms with Crippen molar-refractivity contribution in [3.05, 3.63) is 35.6 Å². The summed E-state index contributed by atoms with van der Waals surface area (Å²) in [5.41, 5.74) is 0.942. The van der Waals surface area contributed by atoms with E-state index in [2.05, 4.69) is 36.1 Å². The van der Waals surface area contributed by atoms with Crippen LogP contribution in [0, 0.1) is 11.7 Å². The van der Waals surface area contributed by atoms with Crippen molar-refractivity contribution in [2.75, 3.05) is 33.7 Å². The van der Waals surface area contributed by atoms with E-state index in [0.717, 1.165) is 25.2 Å². The van der Waals surface area contributed by atoms with Crippen LogP contribution in [0.25, 0.3) is 0 Å². The highest BCUT2D eigenvalue weighted by Gasteiger charge is 2.28. The Bertz CT molecular complexity index is 551. The third-order valence-corrected chi connectivity index (χ3v) is 4.87. The van der Waals surface area contributed by atoms with Gasteiger partial charge in [0.2, 0.25) is 5.91 Å². The highest BCUT2D eigenvalue weighted by molar-refractivity contribution is 5.76. The van der Waals surface area contributed by atoms with Gasteiger partial charge in [-0.15, -0.1) is 0 Å². The van der Waals surface area contributed by atoms with E-state index in [9.17, 15) is 9.18 Å². The number of nitrogens with one attached hydrogen (secondary N) is 1. The first kappa shape index (κ1) is 18.9. The van der Waals surface area contributed by atoms with E-state index in [1.807, 2.05) is 13.0 Å². The van der Waals surface area contributed by atoms with Crippen LogP contribution in [0.3, 0.4) is 0 Å². The molecule has 0 aromatic heterocycles. The molecular formula is C19H30FN3O. The molecule has 0 saturated carbocycles. The first-order valence-electron chi connectivity index (χ1n) is 8.77. The minimum Gasteiger partial charge on any atom is -0.352 e. The lowest BCUT2D eigenvalue weighted by atomic mass is 9.97. The van der Waals surface area contributed by atoms with Crippen molar-refractivity contribution >= 4 is 5.91 Å². The van der Waals surface area contributed by atoms with Gasteiger partial charge in [0.1, 0.15) is 5.82 Å². The molecule has 1 amide bonds. The molecule has 0 aliphatic carbocycles. The van der Waals surface area contributed by atoms with E-state index < -0.39 is 0 Å². The fourth-order valence-electron chi connectivity index (χ4n) is 3.45. The monoisotopic (exact) mass is 335 g/mol. The predicted molar refractivity (Wildman–Crippen MR) is 95.4 cm³/mol. The quantitative estimate of drug-likeness (QED) is 0.865. The lowest BCUT2D eigenvalue weighted by Crippen LogP contribution is -2.58. The summed E-state index contributed by atoms with van der Waals surface area (Å²) in [4.78, 5) is 17.0. The van der Waals surface area contributed by atoms with Crippen molar-refractivity contribution in [2.45, 2.75) is 38.8 Å². The highest BCUT2D eigenvalue weighted by Crippen LogP contribution is 2.14. The summed E-state index contributed by atoms with van der Waals surface area (Å²) >= 11 is 0. The van der Waals surface area contributed by atoms with Crippen molar-refractivity contribution in [3.63, 3.8) is 0 Å². The molecule has 2 rings (SSSR count). The van der Waals surface area contributed by atoms with Gasteiger partial charge in [0.25, 0.3) is 0 Å². The molecule has 24 heavy (non-hydrogen) atoms. The molecule has 3 unspecified atom stereocenters. The maximum absolute atomic E-state index is 13.2. The van der Waals surface area contributed by atoms with Crippen molar-refractivity contribution in [1.82, 2.24) is 15.1 Å². The van der Waals surface area contributed by atoms with Gasteiger partial charge in [-0.1, -0.05) is 19.1 Å². The van der Waals surface area contributed by atoms with E-state index in [1.165, 1.54) is 6.07 Å². The van der Waals surface area contributed by atoms with Crippen molar-refractivity contribution in [2.24, 2.45) is 5.92 Å². The molecule has 134 valence electrons. The van der Waals surface area contributed by atoms with Crippen LogP contribution in [-0.4, -0.2) is 61.5 Å². The molecule has 1 heterocycles. The van der Waals surface area contributed by atoms with Gasteiger partial charge in [-0.25, -0.2) is 4.39 Å². The van der Waals surface area contributed by atoms with E-state index >= 15 is 0 Å². The zero-order valence-corrected chi connectivity index (χ0v) is 15.3. The van der Waals surface area contributed by atoms with Crippen molar-refractivity contribution < 1.29 is 9.18 Å². The number of halogens is 1.